The second kappa shape index (κ2) is 13.0. The van der Waals surface area contributed by atoms with E-state index in [1.165, 1.54) is 27.4 Å². The number of likely N-dealkylation sites (tertiary alicyclic amines) is 1. The summed E-state index contributed by atoms with van der Waals surface area (Å²) in [4.78, 5) is 27.9. The molecule has 8 nitrogen and oxygen atoms in total. The molecule has 2 N–H and O–H groups in total. The van der Waals surface area contributed by atoms with Crippen molar-refractivity contribution in [3.05, 3.63) is 95.6 Å². The number of aryl methyl sites for hydroxylation is 1. The van der Waals surface area contributed by atoms with Crippen molar-refractivity contribution < 1.29 is 19.1 Å². The first-order chi connectivity index (χ1) is 22.1. The van der Waals surface area contributed by atoms with E-state index < -0.39 is 23.9 Å². The molecule has 1 fully saturated rings. The van der Waals surface area contributed by atoms with Crippen LogP contribution in [0.2, 0.25) is 0 Å². The largest absolute Gasteiger partial charge is 0.444 e. The number of alkyl carbamates (subject to hydrolysis) is 2. The Kier molecular flexibility index (Phi) is 8.91. The Hall–Kier alpha value is -4.56. The van der Waals surface area contributed by atoms with Crippen LogP contribution < -0.4 is 10.6 Å². The molecule has 0 spiro atoms. The van der Waals surface area contributed by atoms with Gasteiger partial charge in [0, 0.05) is 66.1 Å². The van der Waals surface area contributed by atoms with Crippen LogP contribution in [0.3, 0.4) is 0 Å². The van der Waals surface area contributed by atoms with Gasteiger partial charge in [0.05, 0.1) is 0 Å². The van der Waals surface area contributed by atoms with Gasteiger partial charge in [-0.3, -0.25) is 4.90 Å². The minimum absolute atomic E-state index is 0.00580. The van der Waals surface area contributed by atoms with E-state index in [2.05, 4.69) is 69.5 Å². The van der Waals surface area contributed by atoms with Crippen molar-refractivity contribution in [2.75, 3.05) is 13.1 Å². The van der Waals surface area contributed by atoms with Crippen LogP contribution in [0.25, 0.3) is 32.6 Å². The highest BCUT2D eigenvalue weighted by atomic mass is 16.6. The quantitative estimate of drug-likeness (QED) is 0.183. The Balaban J connectivity index is 1.09. The molecule has 0 radical (unpaired) electrons. The number of carbonyl (C=O) groups excluding carboxylic acids is 2. The Morgan fingerprint density at radius 2 is 1.65 bits per heavy atom. The van der Waals surface area contributed by atoms with Gasteiger partial charge in [0.1, 0.15) is 11.7 Å². The molecule has 8 heteroatoms. The maximum Gasteiger partial charge on any atom is 0.407 e. The van der Waals surface area contributed by atoms with Gasteiger partial charge in [-0.2, -0.15) is 0 Å². The summed E-state index contributed by atoms with van der Waals surface area (Å²) in [5.41, 5.74) is 4.95. The Labute approximate surface area is 270 Å². The van der Waals surface area contributed by atoms with Crippen LogP contribution in [0.15, 0.2) is 78.9 Å². The molecule has 0 saturated carbocycles. The number of carbonyl (C=O) groups is 2. The molecule has 2 heterocycles. The van der Waals surface area contributed by atoms with E-state index in [9.17, 15) is 9.59 Å². The molecule has 1 aromatic heterocycles. The number of amides is 2. The third kappa shape index (κ3) is 6.82. The van der Waals surface area contributed by atoms with Crippen molar-refractivity contribution in [2.45, 2.75) is 78.4 Å². The van der Waals surface area contributed by atoms with Gasteiger partial charge < -0.3 is 24.7 Å². The number of hydrogen-bond donors (Lipinski definition) is 2. The number of rotatable bonds is 8. The van der Waals surface area contributed by atoms with Crippen LogP contribution in [0.5, 0.6) is 0 Å². The second-order valence-corrected chi connectivity index (χ2v) is 13.2. The molecule has 240 valence electrons. The van der Waals surface area contributed by atoms with Gasteiger partial charge in [-0.25, -0.2) is 9.59 Å². The maximum atomic E-state index is 13.2. The molecule has 2 atom stereocenters. The lowest BCUT2D eigenvalue weighted by Gasteiger charge is -2.23. The molecule has 1 saturated heterocycles. The lowest BCUT2D eigenvalue weighted by atomic mass is 9.95. The average molecular weight is 621 g/mol. The lowest BCUT2D eigenvalue weighted by molar-refractivity contribution is 0.0522. The SMILES string of the molecule is CCn1c2ccccc2c2cc(CN3CCC(NC(=O)OC(C)c4c(CNC(=O)OC(C)(C)C)ccc5ccccc45)C3)ccc21. The van der Waals surface area contributed by atoms with Gasteiger partial charge >= 0.3 is 12.2 Å². The van der Waals surface area contributed by atoms with Gasteiger partial charge in [-0.15, -0.1) is 0 Å². The van der Waals surface area contributed by atoms with E-state index in [0.717, 1.165) is 54.5 Å². The van der Waals surface area contributed by atoms with Crippen LogP contribution >= 0.6 is 0 Å². The fourth-order valence-electron chi connectivity index (χ4n) is 6.77. The Morgan fingerprint density at radius 3 is 2.43 bits per heavy atom. The molecule has 4 aromatic carbocycles. The zero-order chi connectivity index (χ0) is 32.4. The van der Waals surface area contributed by atoms with E-state index in [1.54, 1.807) is 0 Å². The Morgan fingerprint density at radius 1 is 0.913 bits per heavy atom. The molecule has 1 aliphatic rings. The van der Waals surface area contributed by atoms with Crippen LogP contribution in [0.1, 0.15) is 63.8 Å². The van der Waals surface area contributed by atoms with Gasteiger partial charge in [-0.1, -0.05) is 60.7 Å². The van der Waals surface area contributed by atoms with E-state index in [1.807, 2.05) is 64.1 Å². The normalized spacial score (nSPS) is 16.2. The third-order valence-corrected chi connectivity index (χ3v) is 8.73. The standard InChI is InChI=1S/C38H44N4O4/c1-6-42-33-14-10-9-13-31(33)32-21-26(15-18-34(32)42)23-41-20-19-29(24-41)40-37(44)45-25(2)35-28(22-39-36(43)46-38(3,4)5)17-16-27-11-7-8-12-30(27)35/h7-18,21,25,29H,6,19-20,22-24H2,1-5H3,(H,39,43)(H,40,44). The fraction of sp³-hybridized carbons (Fsp3) is 0.368. The van der Waals surface area contributed by atoms with Crippen LogP contribution in [-0.2, 0) is 29.1 Å². The monoisotopic (exact) mass is 620 g/mol. The molecular formula is C38H44N4O4. The number of hydrogen-bond acceptors (Lipinski definition) is 5. The fourth-order valence-corrected chi connectivity index (χ4v) is 6.77. The number of nitrogens with zero attached hydrogens (tertiary/aromatic N) is 2. The first-order valence-corrected chi connectivity index (χ1v) is 16.3. The summed E-state index contributed by atoms with van der Waals surface area (Å²) in [6, 6.07) is 27.4. The van der Waals surface area contributed by atoms with Crippen molar-refractivity contribution in [1.29, 1.82) is 0 Å². The molecule has 2 unspecified atom stereocenters. The van der Waals surface area contributed by atoms with Gasteiger partial charge in [0.2, 0.25) is 0 Å². The van der Waals surface area contributed by atoms with Crippen molar-refractivity contribution >= 4 is 44.8 Å². The summed E-state index contributed by atoms with van der Waals surface area (Å²) in [6.07, 6.45) is -0.597. The topological polar surface area (TPSA) is 84.8 Å². The average Bonchev–Trinajstić information content (AvgIpc) is 3.59. The second-order valence-electron chi connectivity index (χ2n) is 13.2. The number of ether oxygens (including phenoxy) is 2. The van der Waals surface area contributed by atoms with Crippen molar-refractivity contribution in [3.8, 4) is 0 Å². The highest BCUT2D eigenvalue weighted by Gasteiger charge is 2.26. The number of nitrogens with one attached hydrogen (secondary N) is 2. The maximum absolute atomic E-state index is 13.2. The minimum atomic E-state index is -0.593. The van der Waals surface area contributed by atoms with E-state index in [0.29, 0.717) is 0 Å². The van der Waals surface area contributed by atoms with E-state index >= 15 is 0 Å². The Bertz CT molecular complexity index is 1890. The zero-order valence-electron chi connectivity index (χ0n) is 27.4. The molecule has 2 amide bonds. The number of benzene rings is 4. The summed E-state index contributed by atoms with van der Waals surface area (Å²) < 4.78 is 13.8. The van der Waals surface area contributed by atoms with Gasteiger partial charge in [0.15, 0.2) is 0 Å². The van der Waals surface area contributed by atoms with Crippen molar-refractivity contribution in [3.63, 3.8) is 0 Å². The molecule has 5 aromatic rings. The van der Waals surface area contributed by atoms with E-state index in [-0.39, 0.29) is 12.6 Å². The van der Waals surface area contributed by atoms with Gasteiger partial charge in [-0.05, 0) is 81.1 Å². The highest BCUT2D eigenvalue weighted by Crippen LogP contribution is 2.32. The molecule has 6 rings (SSSR count). The zero-order valence-corrected chi connectivity index (χ0v) is 27.4. The molecular weight excluding hydrogens is 576 g/mol. The molecule has 1 aliphatic heterocycles. The van der Waals surface area contributed by atoms with Crippen LogP contribution in [-0.4, -0.2) is 46.4 Å². The predicted molar refractivity (Wildman–Crippen MR) is 184 cm³/mol. The first kappa shape index (κ1) is 31.4. The van der Waals surface area contributed by atoms with Gasteiger partial charge in [0.25, 0.3) is 0 Å². The van der Waals surface area contributed by atoms with Crippen molar-refractivity contribution in [1.82, 2.24) is 20.1 Å². The van der Waals surface area contributed by atoms with E-state index in [4.69, 9.17) is 9.47 Å². The summed E-state index contributed by atoms with van der Waals surface area (Å²) in [5.74, 6) is 0. The smallest absolute Gasteiger partial charge is 0.407 e. The predicted octanol–water partition coefficient (Wildman–Crippen LogP) is 8.05. The number of aromatic nitrogens is 1. The lowest BCUT2D eigenvalue weighted by Crippen LogP contribution is -2.37. The number of para-hydroxylation sites is 1. The summed E-state index contributed by atoms with van der Waals surface area (Å²) in [5, 5.41) is 10.6. The van der Waals surface area contributed by atoms with Crippen molar-refractivity contribution in [2.24, 2.45) is 0 Å². The minimum Gasteiger partial charge on any atom is -0.444 e. The number of fused-ring (bicyclic) bond motifs is 4. The summed E-state index contributed by atoms with van der Waals surface area (Å²) in [6.45, 7) is 13.2. The summed E-state index contributed by atoms with van der Waals surface area (Å²) in [7, 11) is 0. The highest BCUT2D eigenvalue weighted by molar-refractivity contribution is 6.08. The molecule has 0 bridgehead atoms. The summed E-state index contributed by atoms with van der Waals surface area (Å²) >= 11 is 0. The van der Waals surface area contributed by atoms with Crippen LogP contribution in [0, 0.1) is 0 Å². The molecule has 0 aliphatic carbocycles. The third-order valence-electron chi connectivity index (χ3n) is 8.73. The van der Waals surface area contributed by atoms with Crippen LogP contribution in [0.4, 0.5) is 9.59 Å². The first-order valence-electron chi connectivity index (χ1n) is 16.3. The molecule has 46 heavy (non-hydrogen) atoms.